The third-order valence-electron chi connectivity index (χ3n) is 6.20. The van der Waals surface area contributed by atoms with Crippen LogP contribution in [-0.2, 0) is 12.0 Å². The van der Waals surface area contributed by atoms with Gasteiger partial charge >= 0.3 is 0 Å². The molecule has 3 aromatic carbocycles. The third kappa shape index (κ3) is 5.64. The minimum atomic E-state index is -0.332. The predicted octanol–water partition coefficient (Wildman–Crippen LogP) is 6.76. The number of nitrogens with one attached hydrogen (secondary N) is 1. The summed E-state index contributed by atoms with van der Waals surface area (Å²) in [4.78, 5) is 24.2. The zero-order chi connectivity index (χ0) is 26.6. The topological polar surface area (TPSA) is 81.4 Å². The molecule has 0 aliphatic carbocycles. The van der Waals surface area contributed by atoms with Crippen LogP contribution in [0.3, 0.4) is 0 Å². The van der Waals surface area contributed by atoms with Crippen molar-refractivity contribution >= 4 is 12.2 Å². The maximum Gasteiger partial charge on any atom is 0.274 e. The Labute approximate surface area is 217 Å². The molecule has 1 aromatic heterocycles. The molecule has 4 aromatic rings. The maximum absolute atomic E-state index is 13.0. The van der Waals surface area contributed by atoms with Crippen molar-refractivity contribution in [3.63, 3.8) is 0 Å². The molecule has 1 N–H and O–H groups in total. The molecule has 1 heterocycles. The molecule has 0 saturated heterocycles. The Morgan fingerprint density at radius 2 is 1.76 bits per heavy atom. The predicted molar refractivity (Wildman–Crippen MR) is 145 cm³/mol. The number of rotatable bonds is 8. The van der Waals surface area contributed by atoms with Crippen LogP contribution in [0.2, 0.25) is 0 Å². The molecule has 0 aliphatic rings. The number of aryl methyl sites for hydroxylation is 1. The van der Waals surface area contributed by atoms with Gasteiger partial charge in [-0.3, -0.25) is 9.59 Å². The largest absolute Gasteiger partial charge is 0.488 e. The van der Waals surface area contributed by atoms with E-state index in [0.29, 0.717) is 41.4 Å². The van der Waals surface area contributed by atoms with Gasteiger partial charge in [-0.1, -0.05) is 80.5 Å². The van der Waals surface area contributed by atoms with E-state index in [4.69, 9.17) is 9.26 Å². The summed E-state index contributed by atoms with van der Waals surface area (Å²) < 4.78 is 12.2. The van der Waals surface area contributed by atoms with Gasteiger partial charge in [0.05, 0.1) is 11.1 Å². The first kappa shape index (κ1) is 25.9. The van der Waals surface area contributed by atoms with E-state index in [1.165, 1.54) is 0 Å². The minimum absolute atomic E-state index is 0.134. The Bertz CT molecular complexity index is 1400. The molecule has 6 nitrogen and oxygen atoms in total. The highest BCUT2D eigenvalue weighted by atomic mass is 16.5. The number of carbonyl (C=O) groups is 2. The SMILES string of the molecule is CCNC(=O)c1noc(-c2cc(C(C)(C)C)c(C)cc2OCc2ccccc2)c1-c1ccc(C=O)cc1. The molecule has 4 rings (SSSR count). The maximum atomic E-state index is 13.0. The number of carbonyl (C=O) groups excluding carboxylic acids is 2. The molecule has 0 saturated carbocycles. The van der Waals surface area contributed by atoms with E-state index in [-0.39, 0.29) is 17.0 Å². The lowest BCUT2D eigenvalue weighted by molar-refractivity contribution is 0.0947. The van der Waals surface area contributed by atoms with Gasteiger partial charge in [0.2, 0.25) is 0 Å². The Balaban J connectivity index is 1.92. The highest BCUT2D eigenvalue weighted by molar-refractivity contribution is 6.02. The normalized spacial score (nSPS) is 11.3. The first-order chi connectivity index (χ1) is 17.7. The Morgan fingerprint density at radius 3 is 2.38 bits per heavy atom. The fraction of sp³-hybridized carbons (Fsp3) is 0.258. The van der Waals surface area contributed by atoms with E-state index < -0.39 is 0 Å². The second kappa shape index (κ2) is 10.8. The smallest absolute Gasteiger partial charge is 0.274 e. The number of hydrogen-bond donors (Lipinski definition) is 1. The van der Waals surface area contributed by atoms with Gasteiger partial charge in [0.25, 0.3) is 5.91 Å². The molecule has 0 spiro atoms. The molecular weight excluding hydrogens is 464 g/mol. The summed E-state index contributed by atoms with van der Waals surface area (Å²) in [6.45, 7) is 11.2. The van der Waals surface area contributed by atoms with Gasteiger partial charge < -0.3 is 14.6 Å². The number of amides is 1. The highest BCUT2D eigenvalue weighted by Gasteiger charge is 2.28. The van der Waals surface area contributed by atoms with Crippen molar-refractivity contribution in [3.05, 3.63) is 94.7 Å². The van der Waals surface area contributed by atoms with E-state index in [1.54, 1.807) is 24.3 Å². The van der Waals surface area contributed by atoms with Crippen LogP contribution in [0.15, 0.2) is 71.3 Å². The van der Waals surface area contributed by atoms with Crippen molar-refractivity contribution in [2.45, 2.75) is 46.6 Å². The second-order valence-electron chi connectivity index (χ2n) is 10.0. The number of nitrogens with zero attached hydrogens (tertiary/aromatic N) is 1. The van der Waals surface area contributed by atoms with E-state index in [0.717, 1.165) is 28.5 Å². The van der Waals surface area contributed by atoms with Crippen molar-refractivity contribution in [2.24, 2.45) is 0 Å². The van der Waals surface area contributed by atoms with Crippen molar-refractivity contribution in [3.8, 4) is 28.2 Å². The second-order valence-corrected chi connectivity index (χ2v) is 10.0. The van der Waals surface area contributed by atoms with Crippen LogP contribution in [0.1, 0.15) is 65.2 Å². The van der Waals surface area contributed by atoms with Crippen LogP contribution < -0.4 is 10.1 Å². The lowest BCUT2D eigenvalue weighted by Crippen LogP contribution is -2.23. The Hall–Kier alpha value is -4.19. The standard InChI is InChI=1S/C31H32N2O4/c1-6-32-30(35)28-27(23-14-12-21(18-34)13-15-23)29(37-33-28)24-17-25(31(3,4)5)20(2)16-26(24)36-19-22-10-8-7-9-11-22/h7-18H,6,19H2,1-5H3,(H,32,35). The molecule has 0 aliphatic heterocycles. The van der Waals surface area contributed by atoms with Gasteiger partial charge in [0.1, 0.15) is 18.6 Å². The minimum Gasteiger partial charge on any atom is -0.488 e. The van der Waals surface area contributed by atoms with Gasteiger partial charge in [-0.05, 0) is 53.6 Å². The van der Waals surface area contributed by atoms with Crippen LogP contribution in [0, 0.1) is 6.92 Å². The summed E-state index contributed by atoms with van der Waals surface area (Å²) in [6, 6.07) is 21.1. The fourth-order valence-corrected chi connectivity index (χ4v) is 4.39. The molecular formula is C31H32N2O4. The summed E-state index contributed by atoms with van der Waals surface area (Å²) in [5.41, 5.74) is 5.84. The molecule has 0 bridgehead atoms. The summed E-state index contributed by atoms with van der Waals surface area (Å²) in [5, 5.41) is 7.01. The monoisotopic (exact) mass is 496 g/mol. The number of ether oxygens (including phenoxy) is 1. The number of aromatic nitrogens is 1. The van der Waals surface area contributed by atoms with Crippen molar-refractivity contribution in [1.82, 2.24) is 10.5 Å². The summed E-state index contributed by atoms with van der Waals surface area (Å²) in [6.07, 6.45) is 0.786. The van der Waals surface area contributed by atoms with Crippen molar-refractivity contribution in [2.75, 3.05) is 6.54 Å². The van der Waals surface area contributed by atoms with E-state index in [1.807, 2.05) is 43.3 Å². The van der Waals surface area contributed by atoms with Crippen molar-refractivity contribution in [1.29, 1.82) is 0 Å². The van der Waals surface area contributed by atoms with Crippen LogP contribution in [0.4, 0.5) is 0 Å². The average molecular weight is 497 g/mol. The highest BCUT2D eigenvalue weighted by Crippen LogP contribution is 2.43. The number of aldehydes is 1. The van der Waals surface area contributed by atoms with Gasteiger partial charge in [-0.2, -0.15) is 0 Å². The van der Waals surface area contributed by atoms with E-state index in [2.05, 4.69) is 44.2 Å². The summed E-state index contributed by atoms with van der Waals surface area (Å²) in [7, 11) is 0. The molecule has 0 fully saturated rings. The van der Waals surface area contributed by atoms with E-state index in [9.17, 15) is 9.59 Å². The zero-order valence-electron chi connectivity index (χ0n) is 21.9. The van der Waals surface area contributed by atoms with Gasteiger partial charge in [-0.25, -0.2) is 0 Å². The molecule has 0 unspecified atom stereocenters. The lowest BCUT2D eigenvalue weighted by atomic mass is 9.82. The van der Waals surface area contributed by atoms with Crippen LogP contribution in [-0.4, -0.2) is 23.9 Å². The molecule has 0 radical (unpaired) electrons. The Kier molecular flexibility index (Phi) is 7.58. The lowest BCUT2D eigenvalue weighted by Gasteiger charge is -2.24. The summed E-state index contributed by atoms with van der Waals surface area (Å²) in [5.74, 6) is 0.745. The quantitative estimate of drug-likeness (QED) is 0.273. The Morgan fingerprint density at radius 1 is 1.05 bits per heavy atom. The summed E-state index contributed by atoms with van der Waals surface area (Å²) >= 11 is 0. The molecule has 37 heavy (non-hydrogen) atoms. The van der Waals surface area contributed by atoms with Gasteiger partial charge in [0.15, 0.2) is 11.5 Å². The molecule has 0 atom stereocenters. The zero-order valence-corrected chi connectivity index (χ0v) is 21.9. The van der Waals surface area contributed by atoms with E-state index >= 15 is 0 Å². The fourth-order valence-electron chi connectivity index (χ4n) is 4.39. The first-order valence-electron chi connectivity index (χ1n) is 12.4. The first-order valence-corrected chi connectivity index (χ1v) is 12.4. The van der Waals surface area contributed by atoms with Gasteiger partial charge in [0, 0.05) is 12.1 Å². The number of benzene rings is 3. The third-order valence-corrected chi connectivity index (χ3v) is 6.20. The molecule has 1 amide bonds. The van der Waals surface area contributed by atoms with Crippen LogP contribution >= 0.6 is 0 Å². The van der Waals surface area contributed by atoms with Crippen LogP contribution in [0.5, 0.6) is 5.75 Å². The van der Waals surface area contributed by atoms with Crippen LogP contribution in [0.25, 0.3) is 22.5 Å². The van der Waals surface area contributed by atoms with Gasteiger partial charge in [-0.15, -0.1) is 0 Å². The van der Waals surface area contributed by atoms with Crippen molar-refractivity contribution < 1.29 is 18.8 Å². The molecule has 6 heteroatoms. The molecule has 190 valence electrons. The number of hydrogen-bond acceptors (Lipinski definition) is 5. The average Bonchev–Trinajstić information content (AvgIpc) is 3.32.